The fourth-order valence-corrected chi connectivity index (χ4v) is 7.38. The molecule has 1 nitrogen and oxygen atoms in total. The summed E-state index contributed by atoms with van der Waals surface area (Å²) in [5, 5.41) is 16.9. The van der Waals surface area contributed by atoms with Crippen LogP contribution in [0.5, 0.6) is 0 Å². The van der Waals surface area contributed by atoms with Crippen molar-refractivity contribution in [2.75, 3.05) is 0 Å². The molecule has 0 saturated carbocycles. The summed E-state index contributed by atoms with van der Waals surface area (Å²) in [6.07, 6.45) is 0. The summed E-state index contributed by atoms with van der Waals surface area (Å²) < 4.78 is 0. The number of nitrogens with zero attached hydrogens (tertiary/aromatic N) is 1. The van der Waals surface area contributed by atoms with E-state index < -0.39 is 0 Å². The van der Waals surface area contributed by atoms with E-state index in [-0.39, 0.29) is 0 Å². The van der Waals surface area contributed by atoms with Crippen LogP contribution in [-0.2, 0) is 0 Å². The number of hydrogen-bond donors (Lipinski definition) is 0. The number of rotatable bonds is 2. The van der Waals surface area contributed by atoms with Crippen LogP contribution in [0.2, 0.25) is 0 Å². The molecule has 0 aromatic heterocycles. The van der Waals surface area contributed by atoms with Crippen LogP contribution in [0.3, 0.4) is 0 Å². The molecule has 7 aromatic rings. The highest BCUT2D eigenvalue weighted by molar-refractivity contribution is 7.99. The minimum Gasteiger partial charge on any atom is -0.192 e. The quantitative estimate of drug-likeness (QED) is 0.216. The normalized spacial score (nSPS) is 12.0. The number of fused-ring (bicyclic) bond motifs is 4. The molecule has 1 aliphatic rings. The van der Waals surface area contributed by atoms with Crippen LogP contribution in [0.25, 0.3) is 65.7 Å². The second-order valence-corrected chi connectivity index (χ2v) is 11.1. The number of hydrogen-bond acceptors (Lipinski definition) is 2. The van der Waals surface area contributed by atoms with Gasteiger partial charge in [0.2, 0.25) is 0 Å². The number of nitriles is 1. The largest absolute Gasteiger partial charge is 0.192 e. The first kappa shape index (κ1) is 22.2. The zero-order valence-electron chi connectivity index (χ0n) is 21.0. The van der Waals surface area contributed by atoms with Crippen LogP contribution in [0.4, 0.5) is 0 Å². The van der Waals surface area contributed by atoms with Crippen molar-refractivity contribution in [2.45, 2.75) is 9.79 Å². The first-order valence-electron chi connectivity index (χ1n) is 13.1. The van der Waals surface area contributed by atoms with Gasteiger partial charge in [-0.25, -0.2) is 0 Å². The van der Waals surface area contributed by atoms with Gasteiger partial charge in [-0.3, -0.25) is 0 Å². The molecule has 0 bridgehead atoms. The van der Waals surface area contributed by atoms with Gasteiger partial charge in [0.15, 0.2) is 0 Å². The summed E-state index contributed by atoms with van der Waals surface area (Å²) in [6.45, 7) is 0. The second-order valence-electron chi connectivity index (χ2n) is 9.97. The summed E-state index contributed by atoms with van der Waals surface area (Å²) in [5.74, 6) is 0. The highest BCUT2D eigenvalue weighted by Crippen LogP contribution is 2.51. The lowest BCUT2D eigenvalue weighted by atomic mass is 9.83. The van der Waals surface area contributed by atoms with Crippen LogP contribution >= 0.6 is 11.8 Å². The Labute approximate surface area is 231 Å². The standard InChI is InChI=1S/C37H21NS/c38-22-23-16-18-24(19-17-23)35-26-9-1-3-11-28(26)36(29-12-4-2-10-27(29)35)32-21-20-31-25-8-5-6-14-33(25)39-34-15-7-13-30(32)37(31)34/h1-21H. The lowest BCUT2D eigenvalue weighted by Crippen LogP contribution is -1.95. The van der Waals surface area contributed by atoms with E-state index in [4.69, 9.17) is 0 Å². The molecule has 1 heterocycles. The highest BCUT2D eigenvalue weighted by atomic mass is 32.2. The molecule has 39 heavy (non-hydrogen) atoms. The van der Waals surface area contributed by atoms with E-state index in [1.54, 1.807) is 0 Å². The summed E-state index contributed by atoms with van der Waals surface area (Å²) in [7, 11) is 0. The van der Waals surface area contributed by atoms with Gasteiger partial charge in [0, 0.05) is 15.2 Å². The maximum Gasteiger partial charge on any atom is 0.0991 e. The molecule has 0 spiro atoms. The predicted molar refractivity (Wildman–Crippen MR) is 164 cm³/mol. The van der Waals surface area contributed by atoms with Crippen molar-refractivity contribution in [3.8, 4) is 39.4 Å². The molecule has 0 atom stereocenters. The van der Waals surface area contributed by atoms with Gasteiger partial charge in [-0.2, -0.15) is 5.26 Å². The SMILES string of the molecule is N#Cc1ccc(-c2c3ccccc3c(-c3ccc4c5c(cccc35)Sc3ccccc3-4)c3ccccc23)cc1. The zero-order chi connectivity index (χ0) is 25.9. The van der Waals surface area contributed by atoms with Crippen LogP contribution in [-0.4, -0.2) is 0 Å². The molecule has 0 N–H and O–H groups in total. The summed E-state index contributed by atoms with van der Waals surface area (Å²) >= 11 is 1.87. The minimum atomic E-state index is 0.673. The Kier molecular flexibility index (Phi) is 4.89. The Bertz CT molecular complexity index is 2090. The average Bonchev–Trinajstić information content (AvgIpc) is 3.00. The molecular formula is C37H21NS. The third-order valence-electron chi connectivity index (χ3n) is 7.90. The summed E-state index contributed by atoms with van der Waals surface area (Å²) in [6, 6.07) is 47.8. The van der Waals surface area contributed by atoms with Crippen molar-refractivity contribution in [1.29, 1.82) is 5.26 Å². The van der Waals surface area contributed by atoms with E-state index >= 15 is 0 Å². The van der Waals surface area contributed by atoms with Gasteiger partial charge >= 0.3 is 0 Å². The minimum absolute atomic E-state index is 0.673. The molecule has 0 fully saturated rings. The molecule has 2 heteroatoms. The Morgan fingerprint density at radius 1 is 0.436 bits per heavy atom. The Balaban J connectivity index is 1.50. The van der Waals surface area contributed by atoms with Crippen LogP contribution in [0.15, 0.2) is 137 Å². The van der Waals surface area contributed by atoms with Gasteiger partial charge in [0.05, 0.1) is 11.6 Å². The van der Waals surface area contributed by atoms with Gasteiger partial charge in [-0.05, 0) is 84.6 Å². The van der Waals surface area contributed by atoms with Crippen molar-refractivity contribution < 1.29 is 0 Å². The molecule has 1 aliphatic heterocycles. The Morgan fingerprint density at radius 2 is 1.00 bits per heavy atom. The van der Waals surface area contributed by atoms with Crippen LogP contribution in [0, 0.1) is 11.3 Å². The molecule has 0 saturated heterocycles. The smallest absolute Gasteiger partial charge is 0.0991 e. The van der Waals surface area contributed by atoms with Gasteiger partial charge in [0.25, 0.3) is 0 Å². The van der Waals surface area contributed by atoms with Crippen molar-refractivity contribution in [3.05, 3.63) is 133 Å². The molecule has 180 valence electrons. The van der Waals surface area contributed by atoms with E-state index in [9.17, 15) is 5.26 Å². The Morgan fingerprint density at radius 3 is 1.69 bits per heavy atom. The predicted octanol–water partition coefficient (Wildman–Crippen LogP) is 10.5. The Hall–Kier alpha value is -4.84. The summed E-state index contributed by atoms with van der Waals surface area (Å²) in [4.78, 5) is 2.62. The monoisotopic (exact) mass is 511 g/mol. The molecule has 0 unspecified atom stereocenters. The first-order chi connectivity index (χ1) is 19.3. The average molecular weight is 512 g/mol. The first-order valence-corrected chi connectivity index (χ1v) is 13.9. The lowest BCUT2D eigenvalue weighted by molar-refractivity contribution is 1.40. The van der Waals surface area contributed by atoms with Crippen molar-refractivity contribution >= 4 is 44.1 Å². The van der Waals surface area contributed by atoms with Crippen molar-refractivity contribution in [2.24, 2.45) is 0 Å². The number of benzene rings is 7. The van der Waals surface area contributed by atoms with Crippen molar-refractivity contribution in [3.63, 3.8) is 0 Å². The molecule has 0 radical (unpaired) electrons. The van der Waals surface area contributed by atoms with Gasteiger partial charge in [0.1, 0.15) is 0 Å². The lowest BCUT2D eigenvalue weighted by Gasteiger charge is -2.23. The van der Waals surface area contributed by atoms with Gasteiger partial charge in [-0.15, -0.1) is 0 Å². The van der Waals surface area contributed by atoms with E-state index in [1.807, 2.05) is 23.9 Å². The second kappa shape index (κ2) is 8.60. The van der Waals surface area contributed by atoms with E-state index in [2.05, 4.69) is 121 Å². The maximum atomic E-state index is 9.36. The fraction of sp³-hybridized carbons (Fsp3) is 0. The maximum absolute atomic E-state index is 9.36. The van der Waals surface area contributed by atoms with Crippen LogP contribution < -0.4 is 0 Å². The third kappa shape index (κ3) is 3.27. The molecule has 0 amide bonds. The molecule has 8 rings (SSSR count). The van der Waals surface area contributed by atoms with E-state index in [0.717, 1.165) is 5.56 Å². The van der Waals surface area contributed by atoms with E-state index in [0.29, 0.717) is 5.56 Å². The third-order valence-corrected chi connectivity index (χ3v) is 9.04. The highest BCUT2D eigenvalue weighted by Gasteiger charge is 2.23. The zero-order valence-corrected chi connectivity index (χ0v) is 21.8. The van der Waals surface area contributed by atoms with E-state index in [1.165, 1.54) is 69.9 Å². The fourth-order valence-electron chi connectivity index (χ4n) is 6.24. The molecule has 0 aliphatic carbocycles. The van der Waals surface area contributed by atoms with Gasteiger partial charge < -0.3 is 0 Å². The topological polar surface area (TPSA) is 23.8 Å². The van der Waals surface area contributed by atoms with Crippen LogP contribution in [0.1, 0.15) is 5.56 Å². The van der Waals surface area contributed by atoms with Gasteiger partial charge in [-0.1, -0.05) is 115 Å². The van der Waals surface area contributed by atoms with Crippen molar-refractivity contribution in [1.82, 2.24) is 0 Å². The molecular weight excluding hydrogens is 490 g/mol. The molecule has 7 aromatic carbocycles. The summed E-state index contributed by atoms with van der Waals surface area (Å²) in [5.41, 5.74) is 8.15.